The number of hydrogen-bond donors (Lipinski definition) is 6. The van der Waals surface area contributed by atoms with Crippen LogP contribution in [0, 0.1) is 11.8 Å². The lowest BCUT2D eigenvalue weighted by molar-refractivity contribution is -0.162. The minimum absolute atomic E-state index is 0.0567. The molecule has 15 nitrogen and oxygen atoms in total. The van der Waals surface area contributed by atoms with Gasteiger partial charge < -0.3 is 31.5 Å². The van der Waals surface area contributed by atoms with Gasteiger partial charge in [0.05, 0.1) is 12.6 Å². The number of Topliss-reactive ketones (excluding diaryl/α,β-unsaturated/α-hetero) is 1. The van der Waals surface area contributed by atoms with Crippen LogP contribution in [-0.4, -0.2) is 108 Å². The van der Waals surface area contributed by atoms with Crippen LogP contribution >= 0.6 is 0 Å². The molecule has 1 saturated heterocycles. The Morgan fingerprint density at radius 1 is 0.891 bits per heavy atom. The number of urea groups is 1. The first-order valence-corrected chi connectivity index (χ1v) is 18.9. The van der Waals surface area contributed by atoms with E-state index in [0.29, 0.717) is 29.9 Å². The summed E-state index contributed by atoms with van der Waals surface area (Å²) in [5.41, 5.74) is 0.393. The van der Waals surface area contributed by atoms with E-state index in [1.807, 2.05) is 41.5 Å². The van der Waals surface area contributed by atoms with E-state index in [9.17, 15) is 47.5 Å². The van der Waals surface area contributed by atoms with Gasteiger partial charge in [-0.25, -0.2) is 18.6 Å². The van der Waals surface area contributed by atoms with Crippen molar-refractivity contribution in [2.45, 2.75) is 125 Å². The summed E-state index contributed by atoms with van der Waals surface area (Å²) in [7, 11) is 1.11. The summed E-state index contributed by atoms with van der Waals surface area (Å²) in [6.45, 7) is 16.8. The van der Waals surface area contributed by atoms with Crippen LogP contribution in [0.2, 0.25) is 0 Å². The molecule has 1 aliphatic rings. The maximum absolute atomic E-state index is 13.6. The predicted molar refractivity (Wildman–Crippen MR) is 206 cm³/mol. The van der Waals surface area contributed by atoms with Crippen molar-refractivity contribution in [1.82, 2.24) is 36.5 Å². The Hall–Kier alpha value is -4.67. The lowest BCUT2D eigenvalue weighted by Crippen LogP contribution is -2.58. The minimum atomic E-state index is -1.75. The van der Waals surface area contributed by atoms with Gasteiger partial charge >= 0.3 is 6.03 Å². The van der Waals surface area contributed by atoms with Gasteiger partial charge in [0.15, 0.2) is 0 Å². The van der Waals surface area contributed by atoms with Gasteiger partial charge in [0.1, 0.15) is 18.1 Å². The van der Waals surface area contributed by atoms with Crippen molar-refractivity contribution in [1.29, 1.82) is 0 Å². The van der Waals surface area contributed by atoms with Crippen molar-refractivity contribution in [2.75, 3.05) is 27.1 Å². The highest BCUT2D eigenvalue weighted by Gasteiger charge is 2.40. The van der Waals surface area contributed by atoms with E-state index in [0.717, 1.165) is 7.05 Å². The monoisotopic (exact) mass is 785 g/mol. The topological polar surface area (TPSA) is 206 Å². The molecule has 1 heterocycles. The van der Waals surface area contributed by atoms with E-state index >= 15 is 0 Å². The third-order valence-electron chi connectivity index (χ3n) is 8.08. The molecule has 5 atom stereocenters. The quantitative estimate of drug-likeness (QED) is 0.0820. The molecule has 314 valence electrons. The number of hydroxylamine groups is 2. The number of hydrogen-bond acceptors (Lipinski definition) is 8. The Balaban J connectivity index is 0. The third kappa shape index (κ3) is 19.0. The van der Waals surface area contributed by atoms with Crippen molar-refractivity contribution in [3.05, 3.63) is 35.9 Å². The first-order valence-electron chi connectivity index (χ1n) is 18.9. The van der Waals surface area contributed by atoms with Crippen LogP contribution in [0.5, 0.6) is 0 Å². The SMILES string of the molecule is CC.CC.CCC(C)CC(NC(=O)C1CCCN1C(=O)C(NC(=O)NC(C)C)C(C)C)C(=O)C(=O)NCC(=O)NC(C(=O)N(C)O)c1ccccc1.FCF. The Kier molecular flexibility index (Phi) is 27.4. The number of benzene rings is 1. The molecule has 55 heavy (non-hydrogen) atoms. The second-order valence-corrected chi connectivity index (χ2v) is 12.9. The van der Waals surface area contributed by atoms with Gasteiger partial charge in [0, 0.05) is 19.6 Å². The van der Waals surface area contributed by atoms with Crippen molar-refractivity contribution < 1.29 is 47.5 Å². The first kappa shape index (κ1) is 52.4. The van der Waals surface area contributed by atoms with E-state index in [1.165, 1.54) is 4.90 Å². The highest BCUT2D eigenvalue weighted by molar-refractivity contribution is 6.38. The Morgan fingerprint density at radius 3 is 1.95 bits per heavy atom. The summed E-state index contributed by atoms with van der Waals surface area (Å²) in [5.74, 6) is -5.04. The van der Waals surface area contributed by atoms with Gasteiger partial charge in [-0.05, 0) is 50.5 Å². The molecule has 0 spiro atoms. The molecule has 17 heteroatoms. The van der Waals surface area contributed by atoms with Crippen molar-refractivity contribution in [3.8, 4) is 0 Å². The molecule has 7 amide bonds. The maximum Gasteiger partial charge on any atom is 0.315 e. The summed E-state index contributed by atoms with van der Waals surface area (Å²) < 4.78 is 19.2. The van der Waals surface area contributed by atoms with Gasteiger partial charge in [-0.2, -0.15) is 0 Å². The smallest absolute Gasteiger partial charge is 0.315 e. The summed E-state index contributed by atoms with van der Waals surface area (Å²) in [5, 5.41) is 22.8. The molecule has 0 aliphatic carbocycles. The number of likely N-dealkylation sites (tertiary alicyclic amines) is 1. The van der Waals surface area contributed by atoms with E-state index < -0.39 is 79.0 Å². The molecule has 2 rings (SSSR count). The van der Waals surface area contributed by atoms with E-state index in [2.05, 4.69) is 26.6 Å². The molecule has 0 saturated carbocycles. The van der Waals surface area contributed by atoms with Crippen LogP contribution < -0.4 is 26.6 Å². The molecule has 0 aromatic heterocycles. The highest BCUT2D eigenvalue weighted by Crippen LogP contribution is 2.22. The molecule has 6 N–H and O–H groups in total. The van der Waals surface area contributed by atoms with Gasteiger partial charge in [-0.1, -0.05) is 92.1 Å². The average molecular weight is 786 g/mol. The number of nitrogens with one attached hydrogen (secondary N) is 5. The fourth-order valence-electron chi connectivity index (χ4n) is 5.25. The molecule has 1 aromatic carbocycles. The van der Waals surface area contributed by atoms with Crippen LogP contribution in [0.4, 0.5) is 13.6 Å². The zero-order valence-electron chi connectivity index (χ0n) is 34.3. The number of alkyl halides is 2. The van der Waals surface area contributed by atoms with Crippen LogP contribution in [0.15, 0.2) is 30.3 Å². The lowest BCUT2D eigenvalue weighted by atomic mass is 9.95. The number of rotatable bonds is 16. The Bertz CT molecular complexity index is 1340. The molecule has 1 aliphatic heterocycles. The van der Waals surface area contributed by atoms with E-state index in [4.69, 9.17) is 0 Å². The van der Waals surface area contributed by atoms with Crippen molar-refractivity contribution in [3.63, 3.8) is 0 Å². The largest absolute Gasteiger partial charge is 0.344 e. The normalized spacial score (nSPS) is 15.1. The standard InChI is InChI=1S/C33H51N7O8.2C2H6.CH2F2/c1-8-21(6)17-23(28(42)30(44)34-18-25(41)37-27(31(45)39(7)48)22-13-10-9-11-14-22)36-29(43)24-15-12-16-40(24)32(46)26(19(2)3)38-33(47)35-20(4)5;2*1-2;2-1-3/h9-11,13-14,19-21,23-24,26-27,48H,8,12,15-18H2,1-7H3,(H,34,44)(H,36,43)(H,37,41)(H2,35,38,47);2*1-2H3;1H2. The summed E-state index contributed by atoms with van der Waals surface area (Å²) in [6.07, 6.45) is 1.67. The van der Waals surface area contributed by atoms with Gasteiger partial charge in [0.2, 0.25) is 30.4 Å². The number of nitrogens with zero attached hydrogens (tertiary/aromatic N) is 2. The van der Waals surface area contributed by atoms with Crippen LogP contribution in [0.3, 0.4) is 0 Å². The maximum atomic E-state index is 13.6. The first-order chi connectivity index (χ1) is 26.0. The van der Waals surface area contributed by atoms with Gasteiger partial charge in [-0.15, -0.1) is 0 Å². The third-order valence-corrected chi connectivity index (χ3v) is 8.08. The fourth-order valence-corrected chi connectivity index (χ4v) is 5.25. The number of likely N-dealkylation sites (N-methyl/N-ethyl adjacent to an activating group) is 1. The number of halogens is 2. The van der Waals surface area contributed by atoms with Crippen LogP contribution in [-0.2, 0) is 28.8 Å². The fraction of sp³-hybridized carbons (Fsp3) is 0.658. The number of carbonyl (C=O) groups excluding carboxylic acids is 7. The zero-order chi connectivity index (χ0) is 42.8. The molecule has 1 aromatic rings. The van der Waals surface area contributed by atoms with Gasteiger partial charge in [0.25, 0.3) is 11.8 Å². The molecule has 0 radical (unpaired) electrons. The number of amides is 7. The molecular formula is C38H65F2N7O8. The minimum Gasteiger partial charge on any atom is -0.344 e. The lowest BCUT2D eigenvalue weighted by Gasteiger charge is -2.31. The number of ketones is 1. The Labute approximate surface area is 325 Å². The molecule has 1 fully saturated rings. The highest BCUT2D eigenvalue weighted by atomic mass is 19.3. The average Bonchev–Trinajstić information content (AvgIpc) is 3.66. The van der Waals surface area contributed by atoms with Crippen molar-refractivity contribution >= 4 is 41.4 Å². The molecule has 0 bridgehead atoms. The molecule has 5 unspecified atom stereocenters. The van der Waals surface area contributed by atoms with Crippen LogP contribution in [0.1, 0.15) is 107 Å². The second-order valence-electron chi connectivity index (χ2n) is 12.9. The summed E-state index contributed by atoms with van der Waals surface area (Å²) in [4.78, 5) is 92.4. The van der Waals surface area contributed by atoms with Gasteiger partial charge in [-0.3, -0.25) is 34.0 Å². The van der Waals surface area contributed by atoms with E-state index in [1.54, 1.807) is 58.0 Å². The zero-order valence-corrected chi connectivity index (χ0v) is 34.3. The van der Waals surface area contributed by atoms with Crippen LogP contribution in [0.25, 0.3) is 0 Å². The number of carbonyl (C=O) groups is 7. The van der Waals surface area contributed by atoms with E-state index in [-0.39, 0.29) is 30.8 Å². The Morgan fingerprint density at radius 2 is 1.45 bits per heavy atom. The second kappa shape index (κ2) is 28.7. The summed E-state index contributed by atoms with van der Waals surface area (Å²) >= 11 is 0. The molecular weight excluding hydrogens is 720 g/mol. The van der Waals surface area contributed by atoms with Crippen molar-refractivity contribution in [2.24, 2.45) is 11.8 Å². The predicted octanol–water partition coefficient (Wildman–Crippen LogP) is 3.96. The summed E-state index contributed by atoms with van der Waals surface area (Å²) in [6, 6.07) is 3.26.